The van der Waals surface area contributed by atoms with E-state index in [-0.39, 0.29) is 33.9 Å². The summed E-state index contributed by atoms with van der Waals surface area (Å²) in [4.78, 5) is 58.2. The Morgan fingerprint density at radius 1 is 1.00 bits per heavy atom. The molecule has 0 aliphatic carbocycles. The number of aliphatic hydroxyl groups excluding tert-OH is 1. The van der Waals surface area contributed by atoms with Crippen molar-refractivity contribution in [3.8, 4) is 0 Å². The summed E-state index contributed by atoms with van der Waals surface area (Å²) in [5, 5.41) is 23.9. The maximum absolute atomic E-state index is 14.7. The first-order valence-corrected chi connectivity index (χ1v) is 23.9. The maximum Gasteiger partial charge on any atom is 0.330 e. The zero-order valence-electron chi connectivity index (χ0n) is 32.0. The number of carbonyl (C=O) groups is 2. The van der Waals surface area contributed by atoms with E-state index in [1.165, 1.54) is 17.3 Å². The van der Waals surface area contributed by atoms with E-state index in [1.807, 2.05) is 95.4 Å². The molecule has 1 fully saturated rings. The number of aromatic amines is 1. The first-order chi connectivity index (χ1) is 22.1. The molecule has 11 nitrogen and oxygen atoms in total. The quantitative estimate of drug-likeness (QED) is 0.174. The van der Waals surface area contributed by atoms with E-state index in [4.69, 9.17) is 13.6 Å². The van der Waals surface area contributed by atoms with Gasteiger partial charge >= 0.3 is 5.69 Å². The van der Waals surface area contributed by atoms with E-state index in [2.05, 4.69) is 20.9 Å². The number of nitrogens with zero attached hydrogens (tertiary/aromatic N) is 1. The molecule has 49 heavy (non-hydrogen) atoms. The average molecular weight is 790 g/mol. The number of aromatic nitrogens is 2. The van der Waals surface area contributed by atoms with Crippen LogP contribution in [0.25, 0.3) is 6.08 Å². The molecular weight excluding hydrogens is 728 g/mol. The van der Waals surface area contributed by atoms with Gasteiger partial charge in [0.25, 0.3) is 5.56 Å². The van der Waals surface area contributed by atoms with Crippen molar-refractivity contribution < 1.29 is 33.4 Å². The number of H-pyrrole nitrogens is 1. The predicted octanol–water partition coefficient (Wildman–Crippen LogP) is 6.29. The minimum Gasteiger partial charge on any atom is -0.407 e. The lowest BCUT2D eigenvalue weighted by Crippen LogP contribution is -2.60. The molecule has 1 aromatic rings. The molecular formula is C35H61BrN2O9Si2. The second kappa shape index (κ2) is 16.0. The van der Waals surface area contributed by atoms with Gasteiger partial charge < -0.3 is 23.8 Å². The van der Waals surface area contributed by atoms with Crippen LogP contribution in [-0.2, 0) is 23.2 Å². The van der Waals surface area contributed by atoms with Crippen LogP contribution >= 0.6 is 15.9 Å². The molecule has 2 heterocycles. The minimum atomic E-state index is -2.57. The van der Waals surface area contributed by atoms with Crippen LogP contribution in [0.1, 0.15) is 100 Å². The largest absolute Gasteiger partial charge is 0.407 e. The number of aliphatic hydroxyl groups is 2. The molecule has 3 N–H and O–H groups in total. The third-order valence-electron chi connectivity index (χ3n) is 10.3. The van der Waals surface area contributed by atoms with Crippen LogP contribution in [0.15, 0.2) is 20.8 Å². The molecule has 0 saturated carbocycles. The summed E-state index contributed by atoms with van der Waals surface area (Å²) >= 11 is 3.14. The fourth-order valence-corrected chi connectivity index (χ4v) is 8.15. The summed E-state index contributed by atoms with van der Waals surface area (Å²) in [5.74, 6) is -1.41. The molecule has 6 atom stereocenters. The molecule has 280 valence electrons. The van der Waals surface area contributed by atoms with Gasteiger partial charge in [0, 0.05) is 12.6 Å². The highest BCUT2D eigenvalue weighted by Gasteiger charge is 2.60. The molecule has 1 aromatic heterocycles. The summed E-state index contributed by atoms with van der Waals surface area (Å²) in [5.41, 5.74) is -3.82. The lowest BCUT2D eigenvalue weighted by molar-refractivity contribution is -0.169. The normalized spacial score (nSPS) is 23.0. The number of ether oxygens (including phenoxy) is 1. The zero-order chi connectivity index (χ0) is 38.1. The van der Waals surface area contributed by atoms with E-state index in [0.717, 1.165) is 4.57 Å². The second-order valence-corrected chi connectivity index (χ2v) is 27.4. The van der Waals surface area contributed by atoms with Crippen molar-refractivity contribution in [2.45, 2.75) is 161 Å². The van der Waals surface area contributed by atoms with Gasteiger partial charge in [-0.3, -0.25) is 23.9 Å². The Hall–Kier alpha value is -1.53. The van der Waals surface area contributed by atoms with Crippen molar-refractivity contribution >= 4 is 50.2 Å². The molecule has 1 aliphatic heterocycles. The molecule has 0 spiro atoms. The molecule has 3 unspecified atom stereocenters. The van der Waals surface area contributed by atoms with Crippen molar-refractivity contribution in [1.29, 1.82) is 0 Å². The fraction of sp³-hybridized carbons (Fsp3) is 0.771. The van der Waals surface area contributed by atoms with Crippen LogP contribution in [0.4, 0.5) is 0 Å². The fourth-order valence-electron chi connectivity index (χ4n) is 5.32. The van der Waals surface area contributed by atoms with Gasteiger partial charge in [0.1, 0.15) is 30.6 Å². The van der Waals surface area contributed by atoms with Gasteiger partial charge in [-0.25, -0.2) is 4.79 Å². The van der Waals surface area contributed by atoms with Crippen LogP contribution in [0.5, 0.6) is 0 Å². The summed E-state index contributed by atoms with van der Waals surface area (Å²) in [7, 11) is -5.09. The lowest BCUT2D eigenvalue weighted by Gasteiger charge is -2.42. The minimum absolute atomic E-state index is 0.000679. The molecule has 2 rings (SSSR count). The topological polar surface area (TPSA) is 157 Å². The van der Waals surface area contributed by atoms with Crippen LogP contribution in [0.3, 0.4) is 0 Å². The Kier molecular flexibility index (Phi) is 14.3. The highest BCUT2D eigenvalue weighted by atomic mass is 79.9. The standard InChI is InChI=1S/C35H61BrN2O9Si2/c1-21(2)17-24(46-48(11,12)33(5,6)7)27(39)28(40)30-35(44,29(41)25(18-22(3)4)47-49(13,14)34(8,9)10)19-26(45-30)38-20-23(15-16-36)31(42)37-32(38)43/h15-16,20-22,24-26,28,30,40,44H,17-19H2,1-14H3,(H,37,42,43)/b16-15+/t24?,25?,26-,28?,30-,35-/m1/s1. The van der Waals surface area contributed by atoms with E-state index >= 15 is 0 Å². The first-order valence-electron chi connectivity index (χ1n) is 17.2. The predicted molar refractivity (Wildman–Crippen MR) is 202 cm³/mol. The number of Topliss-reactive ketones (excluding diaryl/α,β-unsaturated/α-hetero) is 2. The molecule has 0 aromatic carbocycles. The Morgan fingerprint density at radius 2 is 1.47 bits per heavy atom. The molecule has 1 saturated heterocycles. The number of hydrogen-bond donors (Lipinski definition) is 3. The van der Waals surface area contributed by atoms with Gasteiger partial charge in [-0.1, -0.05) is 85.2 Å². The van der Waals surface area contributed by atoms with Gasteiger partial charge in [0.05, 0.1) is 5.56 Å². The van der Waals surface area contributed by atoms with Crippen molar-refractivity contribution in [3.05, 3.63) is 37.6 Å². The smallest absolute Gasteiger partial charge is 0.330 e. The summed E-state index contributed by atoms with van der Waals surface area (Å²) < 4.78 is 20.4. The van der Waals surface area contributed by atoms with Crippen molar-refractivity contribution in [1.82, 2.24) is 9.55 Å². The van der Waals surface area contributed by atoms with Crippen LogP contribution in [-0.4, -0.2) is 78.0 Å². The Bertz CT molecular complexity index is 1470. The Labute approximate surface area is 302 Å². The number of rotatable bonds is 15. The number of halogens is 1. The van der Waals surface area contributed by atoms with Gasteiger partial charge in [0.15, 0.2) is 33.8 Å². The van der Waals surface area contributed by atoms with Gasteiger partial charge in [-0.05, 0) is 72.0 Å². The molecule has 1 aliphatic rings. The van der Waals surface area contributed by atoms with Crippen LogP contribution in [0.2, 0.25) is 36.3 Å². The monoisotopic (exact) mass is 788 g/mol. The number of ketones is 2. The molecule has 0 bridgehead atoms. The zero-order valence-corrected chi connectivity index (χ0v) is 35.6. The van der Waals surface area contributed by atoms with Crippen molar-refractivity contribution in [2.75, 3.05) is 0 Å². The van der Waals surface area contributed by atoms with E-state index in [9.17, 15) is 29.4 Å². The van der Waals surface area contributed by atoms with E-state index in [0.29, 0.717) is 6.42 Å². The number of carbonyl (C=O) groups excluding carboxylic acids is 2. The first kappa shape index (κ1) is 43.6. The van der Waals surface area contributed by atoms with Gasteiger partial charge in [-0.15, -0.1) is 0 Å². The van der Waals surface area contributed by atoms with Gasteiger partial charge in [0.2, 0.25) is 0 Å². The molecule has 0 radical (unpaired) electrons. The Balaban J connectivity index is 2.76. The highest BCUT2D eigenvalue weighted by molar-refractivity contribution is 9.11. The summed E-state index contributed by atoms with van der Waals surface area (Å²) in [6.07, 6.45) is -4.38. The van der Waals surface area contributed by atoms with E-state index in [1.54, 1.807) is 0 Å². The van der Waals surface area contributed by atoms with Crippen molar-refractivity contribution in [2.24, 2.45) is 11.8 Å². The van der Waals surface area contributed by atoms with Crippen LogP contribution < -0.4 is 11.2 Å². The van der Waals surface area contributed by atoms with Crippen molar-refractivity contribution in [3.63, 3.8) is 0 Å². The van der Waals surface area contributed by atoms with E-state index < -0.39 is 82.1 Å². The third kappa shape index (κ3) is 10.3. The molecule has 14 heteroatoms. The maximum atomic E-state index is 14.7. The van der Waals surface area contributed by atoms with Gasteiger partial charge in [-0.2, -0.15) is 0 Å². The number of hydrogen-bond acceptors (Lipinski definition) is 9. The highest BCUT2D eigenvalue weighted by Crippen LogP contribution is 2.44. The third-order valence-corrected chi connectivity index (χ3v) is 19.5. The summed E-state index contributed by atoms with van der Waals surface area (Å²) in [6, 6.07) is 0. The summed E-state index contributed by atoms with van der Waals surface area (Å²) in [6.45, 7) is 28.1. The Morgan fingerprint density at radius 3 is 1.92 bits per heavy atom. The molecule has 0 amide bonds. The average Bonchev–Trinajstić information content (AvgIpc) is 3.28. The second-order valence-electron chi connectivity index (χ2n) is 17.4. The number of nitrogens with one attached hydrogen (secondary N) is 1. The lowest BCUT2D eigenvalue weighted by atomic mass is 9.81. The SMILES string of the molecule is CC(C)CC(O[Si](C)(C)C(C)(C)C)C(=O)C(O)[C@H]1O[C@@H](n2cc(/C=C/Br)c(=O)[nH]c2=O)C[C@@]1(O)C(=O)C(CC(C)C)O[Si](C)(C)C(C)(C)C. The van der Waals surface area contributed by atoms with Crippen LogP contribution in [0, 0.1) is 11.8 Å².